The number of carbonyl (C=O) groups excluding carboxylic acids is 4. The Bertz CT molecular complexity index is 885. The van der Waals surface area contributed by atoms with Gasteiger partial charge in [0.2, 0.25) is 23.6 Å². The average Bonchev–Trinajstić information content (AvgIpc) is 3.31. The normalized spacial score (nSPS) is 17.9. The van der Waals surface area contributed by atoms with Crippen LogP contribution in [0.5, 0.6) is 0 Å². The predicted octanol–water partition coefficient (Wildman–Crippen LogP) is -0.948. The van der Waals surface area contributed by atoms with E-state index in [4.69, 9.17) is 5.73 Å². The highest BCUT2D eigenvalue weighted by molar-refractivity contribution is 5.96. The summed E-state index contributed by atoms with van der Waals surface area (Å²) in [6.07, 6.45) is 1.11. The first-order valence-corrected chi connectivity index (χ1v) is 11.3. The zero-order valence-electron chi connectivity index (χ0n) is 19.4. The Morgan fingerprint density at radius 3 is 2.21 bits per heavy atom. The molecule has 1 heterocycles. The Balaban J connectivity index is 2.19. The van der Waals surface area contributed by atoms with Gasteiger partial charge in [-0.1, -0.05) is 44.2 Å². The van der Waals surface area contributed by atoms with Crippen molar-refractivity contribution in [1.82, 2.24) is 21.3 Å². The maximum Gasteiger partial charge on any atom is 0.326 e. The van der Waals surface area contributed by atoms with Gasteiger partial charge in [-0.15, -0.1) is 0 Å². The van der Waals surface area contributed by atoms with E-state index in [1.807, 2.05) is 6.07 Å². The van der Waals surface area contributed by atoms with E-state index in [-0.39, 0.29) is 12.3 Å². The number of hydrogen-bond donors (Lipinski definition) is 6. The van der Waals surface area contributed by atoms with Gasteiger partial charge in [-0.2, -0.15) is 0 Å². The molecule has 0 bridgehead atoms. The Hall–Kier alpha value is -3.47. The predicted molar refractivity (Wildman–Crippen MR) is 123 cm³/mol. The van der Waals surface area contributed by atoms with Crippen LogP contribution in [0.3, 0.4) is 0 Å². The second-order valence-corrected chi connectivity index (χ2v) is 8.70. The quantitative estimate of drug-likeness (QED) is 0.225. The number of hydrogen-bond acceptors (Lipinski definition) is 6. The molecule has 0 spiro atoms. The number of aliphatic carboxylic acids is 1. The van der Waals surface area contributed by atoms with Crippen LogP contribution < -0.4 is 27.0 Å². The van der Waals surface area contributed by atoms with E-state index >= 15 is 0 Å². The minimum absolute atomic E-state index is 0.153. The first kappa shape index (κ1) is 26.8. The summed E-state index contributed by atoms with van der Waals surface area (Å²) >= 11 is 0. The van der Waals surface area contributed by atoms with Gasteiger partial charge < -0.3 is 32.1 Å². The van der Waals surface area contributed by atoms with Gasteiger partial charge in [0.05, 0.1) is 12.5 Å². The zero-order valence-corrected chi connectivity index (χ0v) is 19.4. The van der Waals surface area contributed by atoms with E-state index < -0.39 is 60.2 Å². The lowest BCUT2D eigenvalue weighted by atomic mass is 10.0. The number of carboxylic acid groups (broad SMARTS) is 1. The van der Waals surface area contributed by atoms with Gasteiger partial charge in [0.25, 0.3) is 0 Å². The van der Waals surface area contributed by atoms with Crippen LogP contribution in [-0.2, 0) is 30.4 Å². The van der Waals surface area contributed by atoms with Crippen LogP contribution >= 0.6 is 0 Å². The van der Waals surface area contributed by atoms with Gasteiger partial charge in [-0.3, -0.25) is 19.2 Å². The van der Waals surface area contributed by atoms with Crippen molar-refractivity contribution in [2.45, 2.75) is 63.7 Å². The van der Waals surface area contributed by atoms with Crippen molar-refractivity contribution >= 4 is 29.6 Å². The van der Waals surface area contributed by atoms with Gasteiger partial charge in [-0.05, 0) is 30.9 Å². The fourth-order valence-electron chi connectivity index (χ4n) is 3.69. The van der Waals surface area contributed by atoms with Crippen molar-refractivity contribution in [3.63, 3.8) is 0 Å². The molecule has 34 heavy (non-hydrogen) atoms. The number of benzene rings is 1. The van der Waals surface area contributed by atoms with E-state index in [9.17, 15) is 29.1 Å². The number of primary amides is 1. The highest BCUT2D eigenvalue weighted by Gasteiger charge is 2.33. The lowest BCUT2D eigenvalue weighted by molar-refractivity contribution is -0.143. The number of carbonyl (C=O) groups is 5. The largest absolute Gasteiger partial charge is 0.480 e. The molecule has 0 aliphatic carbocycles. The van der Waals surface area contributed by atoms with Gasteiger partial charge in [0.15, 0.2) is 0 Å². The molecule has 1 aliphatic heterocycles. The van der Waals surface area contributed by atoms with Gasteiger partial charge in [-0.25, -0.2) is 4.79 Å². The number of rotatable bonds is 12. The van der Waals surface area contributed by atoms with Gasteiger partial charge in [0, 0.05) is 6.42 Å². The molecule has 11 heteroatoms. The molecule has 0 radical (unpaired) electrons. The molecule has 1 aromatic carbocycles. The third-order valence-corrected chi connectivity index (χ3v) is 5.56. The molecule has 186 valence electrons. The summed E-state index contributed by atoms with van der Waals surface area (Å²) in [5.41, 5.74) is 6.04. The maximum atomic E-state index is 13.2. The van der Waals surface area contributed by atoms with Gasteiger partial charge in [0.1, 0.15) is 18.1 Å². The molecular formula is C23H33N5O6. The Morgan fingerprint density at radius 1 is 1.03 bits per heavy atom. The van der Waals surface area contributed by atoms with Crippen LogP contribution in [0.1, 0.15) is 38.7 Å². The zero-order chi connectivity index (χ0) is 25.3. The molecular weight excluding hydrogens is 442 g/mol. The third kappa shape index (κ3) is 8.14. The van der Waals surface area contributed by atoms with Crippen LogP contribution in [-0.4, -0.2) is 65.4 Å². The van der Waals surface area contributed by atoms with E-state index in [0.29, 0.717) is 13.0 Å². The summed E-state index contributed by atoms with van der Waals surface area (Å²) in [6.45, 7) is 3.93. The number of nitrogens with one attached hydrogen (secondary N) is 4. The van der Waals surface area contributed by atoms with E-state index in [2.05, 4.69) is 21.3 Å². The Kier molecular flexibility index (Phi) is 9.99. The van der Waals surface area contributed by atoms with Crippen molar-refractivity contribution in [2.24, 2.45) is 11.7 Å². The molecule has 4 unspecified atom stereocenters. The molecule has 1 aromatic rings. The lowest BCUT2D eigenvalue weighted by Gasteiger charge is -2.25. The lowest BCUT2D eigenvalue weighted by Crippen LogP contribution is -2.58. The topological polar surface area (TPSA) is 180 Å². The minimum Gasteiger partial charge on any atom is -0.480 e. The molecule has 0 aromatic heterocycles. The van der Waals surface area contributed by atoms with Crippen LogP contribution in [0.15, 0.2) is 30.3 Å². The molecule has 1 saturated heterocycles. The third-order valence-electron chi connectivity index (χ3n) is 5.56. The summed E-state index contributed by atoms with van der Waals surface area (Å²) in [6, 6.07) is 4.96. The smallest absolute Gasteiger partial charge is 0.326 e. The second kappa shape index (κ2) is 12.7. The minimum atomic E-state index is -1.40. The summed E-state index contributed by atoms with van der Waals surface area (Å²) < 4.78 is 0. The summed E-state index contributed by atoms with van der Waals surface area (Å²) in [5.74, 6) is -4.41. The number of nitrogens with two attached hydrogens (primary N) is 1. The molecule has 7 N–H and O–H groups in total. The number of carboxylic acids is 1. The van der Waals surface area contributed by atoms with Gasteiger partial charge >= 0.3 is 5.97 Å². The Labute approximate surface area is 198 Å². The standard InChI is InChI=1S/C23H33N5O6/c1-13(2)19(23(33)34)28-22(32)17(12-18(24)29)27-21(31)16(11-14-7-4-3-5-8-14)26-20(30)15-9-6-10-25-15/h3-5,7-8,13,15-17,19,25H,6,9-12H2,1-2H3,(H2,24,29)(H,26,30)(H,27,31)(H,28,32)(H,33,34). The summed E-state index contributed by atoms with van der Waals surface area (Å²) in [7, 11) is 0. The fourth-order valence-corrected chi connectivity index (χ4v) is 3.69. The van der Waals surface area contributed by atoms with E-state index in [1.165, 1.54) is 0 Å². The average molecular weight is 476 g/mol. The van der Waals surface area contributed by atoms with Crippen LogP contribution in [0.2, 0.25) is 0 Å². The highest BCUT2D eigenvalue weighted by atomic mass is 16.4. The SMILES string of the molecule is CC(C)C(NC(=O)C(CC(N)=O)NC(=O)C(Cc1ccccc1)NC(=O)C1CCCN1)C(=O)O. The van der Waals surface area contributed by atoms with Crippen molar-refractivity contribution in [3.8, 4) is 0 Å². The maximum absolute atomic E-state index is 13.2. The van der Waals surface area contributed by atoms with Crippen LogP contribution in [0.4, 0.5) is 0 Å². The molecule has 2 rings (SSSR count). The van der Waals surface area contributed by atoms with Crippen LogP contribution in [0, 0.1) is 5.92 Å². The molecule has 4 atom stereocenters. The number of amides is 4. The second-order valence-electron chi connectivity index (χ2n) is 8.70. The van der Waals surface area contributed by atoms with Crippen molar-refractivity contribution in [3.05, 3.63) is 35.9 Å². The Morgan fingerprint density at radius 2 is 1.68 bits per heavy atom. The molecule has 4 amide bonds. The monoisotopic (exact) mass is 475 g/mol. The van der Waals surface area contributed by atoms with E-state index in [1.54, 1.807) is 38.1 Å². The first-order chi connectivity index (χ1) is 16.1. The van der Waals surface area contributed by atoms with E-state index in [0.717, 1.165) is 12.0 Å². The highest BCUT2D eigenvalue weighted by Crippen LogP contribution is 2.09. The van der Waals surface area contributed by atoms with Crippen molar-refractivity contribution in [1.29, 1.82) is 0 Å². The molecule has 1 fully saturated rings. The van der Waals surface area contributed by atoms with Crippen LogP contribution in [0.25, 0.3) is 0 Å². The van der Waals surface area contributed by atoms with Crippen molar-refractivity contribution in [2.75, 3.05) is 6.54 Å². The first-order valence-electron chi connectivity index (χ1n) is 11.3. The summed E-state index contributed by atoms with van der Waals surface area (Å²) in [5, 5.41) is 20.0. The molecule has 11 nitrogen and oxygen atoms in total. The molecule has 0 saturated carbocycles. The fraction of sp³-hybridized carbons (Fsp3) is 0.522. The summed E-state index contributed by atoms with van der Waals surface area (Å²) in [4.78, 5) is 61.6. The molecule has 1 aliphatic rings. The van der Waals surface area contributed by atoms with Crippen molar-refractivity contribution < 1.29 is 29.1 Å².